The number of imidazole rings is 1. The maximum absolute atomic E-state index is 14.0. The first-order chi connectivity index (χ1) is 14.6. The first-order valence-electron chi connectivity index (χ1n) is 9.23. The van der Waals surface area contributed by atoms with E-state index in [1.807, 2.05) is 6.92 Å². The smallest absolute Gasteiger partial charge is 0.182 e. The summed E-state index contributed by atoms with van der Waals surface area (Å²) in [4.78, 5) is 15.6. The van der Waals surface area contributed by atoms with E-state index in [4.69, 9.17) is 10.4 Å². The van der Waals surface area contributed by atoms with Crippen LogP contribution in [0.5, 0.6) is 0 Å². The van der Waals surface area contributed by atoms with Gasteiger partial charge < -0.3 is 10.3 Å². The van der Waals surface area contributed by atoms with Crippen molar-refractivity contribution in [3.05, 3.63) is 72.2 Å². The number of fused-ring (bicyclic) bond motifs is 2. The second-order valence-electron chi connectivity index (χ2n) is 6.81. The van der Waals surface area contributed by atoms with E-state index in [0.29, 0.717) is 28.1 Å². The molecule has 5 aromatic rings. The van der Waals surface area contributed by atoms with Crippen molar-refractivity contribution in [2.45, 2.75) is 13.0 Å². The zero-order valence-corrected chi connectivity index (χ0v) is 15.8. The van der Waals surface area contributed by atoms with Crippen LogP contribution in [-0.4, -0.2) is 29.7 Å². The summed E-state index contributed by atoms with van der Waals surface area (Å²) >= 11 is 0. The summed E-state index contributed by atoms with van der Waals surface area (Å²) in [7, 11) is 0. The Hall–Kier alpha value is -4.32. The molecule has 9 heteroatoms. The van der Waals surface area contributed by atoms with Gasteiger partial charge in [-0.15, -0.1) is 0 Å². The van der Waals surface area contributed by atoms with Crippen LogP contribution in [0, 0.1) is 17.1 Å². The Morgan fingerprint density at radius 3 is 2.77 bits per heavy atom. The van der Waals surface area contributed by atoms with E-state index in [-0.39, 0.29) is 11.9 Å². The fourth-order valence-corrected chi connectivity index (χ4v) is 3.45. The predicted molar refractivity (Wildman–Crippen MR) is 109 cm³/mol. The quantitative estimate of drug-likeness (QED) is 0.476. The summed E-state index contributed by atoms with van der Waals surface area (Å²) in [6, 6.07) is 13.4. The number of aromatic nitrogens is 6. The predicted octanol–water partition coefficient (Wildman–Crippen LogP) is 3.88. The number of aromatic amines is 1. The molecule has 146 valence electrons. The number of halogens is 1. The SMILES string of the molecule is C[C@H](Nc1ncnc2nc[nH]c12)c1nn(-c2ccc(C#N)cc2)c2cc(F)ccc12. The molecule has 0 unspecified atom stereocenters. The van der Waals surface area contributed by atoms with Crippen molar-refractivity contribution in [3.63, 3.8) is 0 Å². The number of nitrogens with zero attached hydrogens (tertiary/aromatic N) is 6. The molecule has 0 saturated heterocycles. The monoisotopic (exact) mass is 398 g/mol. The van der Waals surface area contributed by atoms with Crippen molar-refractivity contribution in [2.75, 3.05) is 5.32 Å². The minimum Gasteiger partial charge on any atom is -0.360 e. The number of rotatable bonds is 4. The number of hydrogen-bond acceptors (Lipinski definition) is 6. The molecule has 0 aliphatic heterocycles. The second kappa shape index (κ2) is 6.93. The second-order valence-corrected chi connectivity index (χ2v) is 6.81. The van der Waals surface area contributed by atoms with E-state index < -0.39 is 0 Å². The summed E-state index contributed by atoms with van der Waals surface area (Å²) in [6.07, 6.45) is 3.01. The Bertz CT molecular complexity index is 1410. The maximum atomic E-state index is 14.0. The van der Waals surface area contributed by atoms with Crippen LogP contribution in [0.2, 0.25) is 0 Å². The largest absolute Gasteiger partial charge is 0.360 e. The number of H-pyrrole nitrogens is 1. The summed E-state index contributed by atoms with van der Waals surface area (Å²) in [5, 5.41) is 17.9. The van der Waals surface area contributed by atoms with E-state index >= 15 is 0 Å². The van der Waals surface area contributed by atoms with Crippen LogP contribution in [0.3, 0.4) is 0 Å². The standard InChI is InChI=1S/C21H15FN8/c1-12(28-21-19-20(25-10-24-19)26-11-27-21)18-16-7-4-14(22)8-17(16)30(29-18)15-5-2-13(9-23)3-6-15/h2-8,10-12H,1H3,(H2,24,25,26,27,28)/t12-/m0/s1. The summed E-state index contributed by atoms with van der Waals surface area (Å²) in [6.45, 7) is 1.96. The number of nitrogens with one attached hydrogen (secondary N) is 2. The summed E-state index contributed by atoms with van der Waals surface area (Å²) in [5.41, 5.74) is 3.92. The van der Waals surface area contributed by atoms with E-state index in [1.165, 1.54) is 18.5 Å². The highest BCUT2D eigenvalue weighted by Crippen LogP contribution is 2.29. The zero-order chi connectivity index (χ0) is 20.7. The first kappa shape index (κ1) is 17.8. The van der Waals surface area contributed by atoms with Gasteiger partial charge >= 0.3 is 0 Å². The molecule has 0 saturated carbocycles. The highest BCUT2D eigenvalue weighted by Gasteiger charge is 2.19. The van der Waals surface area contributed by atoms with Gasteiger partial charge in [-0.05, 0) is 43.3 Å². The third-order valence-corrected chi connectivity index (χ3v) is 4.90. The van der Waals surface area contributed by atoms with Crippen molar-refractivity contribution in [2.24, 2.45) is 0 Å². The fraction of sp³-hybridized carbons (Fsp3) is 0.0952. The van der Waals surface area contributed by atoms with Gasteiger partial charge in [0.05, 0.1) is 40.9 Å². The molecule has 0 aliphatic rings. The summed E-state index contributed by atoms with van der Waals surface area (Å²) in [5.74, 6) is 0.257. The molecule has 0 radical (unpaired) electrons. The number of benzene rings is 2. The van der Waals surface area contributed by atoms with Gasteiger partial charge in [-0.2, -0.15) is 10.4 Å². The zero-order valence-electron chi connectivity index (χ0n) is 15.8. The molecule has 0 aliphatic carbocycles. The molecule has 0 bridgehead atoms. The van der Waals surface area contributed by atoms with Crippen molar-refractivity contribution in [3.8, 4) is 11.8 Å². The van der Waals surface area contributed by atoms with Gasteiger partial charge in [0.2, 0.25) is 0 Å². The number of hydrogen-bond donors (Lipinski definition) is 2. The lowest BCUT2D eigenvalue weighted by molar-refractivity contribution is 0.629. The Morgan fingerprint density at radius 2 is 1.97 bits per heavy atom. The van der Waals surface area contributed by atoms with E-state index in [2.05, 4.69) is 31.3 Å². The van der Waals surface area contributed by atoms with Crippen molar-refractivity contribution in [1.29, 1.82) is 5.26 Å². The van der Waals surface area contributed by atoms with Crippen LogP contribution < -0.4 is 5.32 Å². The van der Waals surface area contributed by atoms with Crippen LogP contribution in [0.25, 0.3) is 27.8 Å². The number of anilines is 1. The molecule has 0 spiro atoms. The Kier molecular flexibility index (Phi) is 4.10. The average molecular weight is 398 g/mol. The average Bonchev–Trinajstić information content (AvgIpc) is 3.39. The van der Waals surface area contributed by atoms with Gasteiger partial charge in [-0.3, -0.25) is 0 Å². The van der Waals surface area contributed by atoms with E-state index in [0.717, 1.165) is 16.8 Å². The topological polar surface area (TPSA) is 108 Å². The van der Waals surface area contributed by atoms with Crippen LogP contribution in [0.15, 0.2) is 55.1 Å². The maximum Gasteiger partial charge on any atom is 0.182 e. The molecular weight excluding hydrogens is 383 g/mol. The molecule has 5 rings (SSSR count). The van der Waals surface area contributed by atoms with Crippen molar-refractivity contribution < 1.29 is 4.39 Å². The van der Waals surface area contributed by atoms with Crippen LogP contribution >= 0.6 is 0 Å². The van der Waals surface area contributed by atoms with Gasteiger partial charge in [0.15, 0.2) is 11.5 Å². The Balaban J connectivity index is 1.60. The molecule has 30 heavy (non-hydrogen) atoms. The molecule has 0 fully saturated rings. The van der Waals surface area contributed by atoms with Crippen LogP contribution in [0.1, 0.15) is 24.2 Å². The fourth-order valence-electron chi connectivity index (χ4n) is 3.45. The van der Waals surface area contributed by atoms with Crippen LogP contribution in [0.4, 0.5) is 10.2 Å². The minimum atomic E-state index is -0.348. The molecule has 2 N–H and O–H groups in total. The number of nitriles is 1. The molecule has 3 heterocycles. The highest BCUT2D eigenvalue weighted by molar-refractivity contribution is 5.86. The molecule has 0 amide bonds. The lowest BCUT2D eigenvalue weighted by atomic mass is 10.1. The summed E-state index contributed by atoms with van der Waals surface area (Å²) < 4.78 is 15.7. The highest BCUT2D eigenvalue weighted by atomic mass is 19.1. The van der Waals surface area contributed by atoms with Gasteiger partial charge in [0, 0.05) is 11.5 Å². The first-order valence-corrected chi connectivity index (χ1v) is 9.23. The van der Waals surface area contributed by atoms with Crippen molar-refractivity contribution >= 4 is 27.9 Å². The van der Waals surface area contributed by atoms with Gasteiger partial charge in [-0.1, -0.05) is 0 Å². The molecule has 1 atom stereocenters. The molecule has 3 aromatic heterocycles. The van der Waals surface area contributed by atoms with Crippen molar-refractivity contribution in [1.82, 2.24) is 29.7 Å². The van der Waals surface area contributed by atoms with Gasteiger partial charge in [0.25, 0.3) is 0 Å². The van der Waals surface area contributed by atoms with E-state index in [9.17, 15) is 4.39 Å². The lowest BCUT2D eigenvalue weighted by Crippen LogP contribution is -2.10. The molecule has 8 nitrogen and oxygen atoms in total. The Labute approximate surface area is 170 Å². The minimum absolute atomic E-state index is 0.237. The van der Waals surface area contributed by atoms with E-state index in [1.54, 1.807) is 41.3 Å². The van der Waals surface area contributed by atoms with Crippen LogP contribution in [-0.2, 0) is 0 Å². The van der Waals surface area contributed by atoms with Gasteiger partial charge in [0.1, 0.15) is 17.7 Å². The molecular formula is C21H15FN8. The Morgan fingerprint density at radius 1 is 1.13 bits per heavy atom. The third kappa shape index (κ3) is 2.91. The van der Waals surface area contributed by atoms with Gasteiger partial charge in [-0.25, -0.2) is 24.0 Å². The third-order valence-electron chi connectivity index (χ3n) is 4.90. The normalized spacial score (nSPS) is 12.2. The molecule has 2 aromatic carbocycles. The lowest BCUT2D eigenvalue weighted by Gasteiger charge is -2.13.